The van der Waals surface area contributed by atoms with E-state index in [1.165, 1.54) is 0 Å². The molecule has 4 aromatic rings. The van der Waals surface area contributed by atoms with E-state index >= 15 is 0 Å². The Kier molecular flexibility index (Phi) is 6.76. The number of carbonyl (C=O) groups is 2. The van der Waals surface area contributed by atoms with Crippen LogP contribution >= 0.6 is 0 Å². The van der Waals surface area contributed by atoms with Gasteiger partial charge in [-0.2, -0.15) is 0 Å². The van der Waals surface area contributed by atoms with Crippen LogP contribution in [-0.4, -0.2) is 55.9 Å². The zero-order valence-corrected chi connectivity index (χ0v) is 20.8. The molecule has 0 unspecified atom stereocenters. The van der Waals surface area contributed by atoms with Crippen LogP contribution < -0.4 is 9.80 Å². The van der Waals surface area contributed by atoms with Crippen LogP contribution in [0.15, 0.2) is 83.3 Å². The van der Waals surface area contributed by atoms with Gasteiger partial charge in [0.2, 0.25) is 5.78 Å². The number of carbonyl (C=O) groups excluding carboxylic acids is 2. The molecule has 3 aromatic carbocycles. The normalized spacial score (nSPS) is 13.7. The number of anilines is 2. The Morgan fingerprint density at radius 1 is 0.806 bits per heavy atom. The van der Waals surface area contributed by atoms with Crippen molar-refractivity contribution < 1.29 is 14.0 Å². The predicted octanol–water partition coefficient (Wildman–Crippen LogP) is 5.47. The van der Waals surface area contributed by atoms with E-state index in [1.54, 1.807) is 0 Å². The molecule has 0 spiro atoms. The van der Waals surface area contributed by atoms with E-state index in [0.717, 1.165) is 54.1 Å². The summed E-state index contributed by atoms with van der Waals surface area (Å²) in [5.74, 6) is 0.300. The SMILES string of the molecule is CCN(CC)c1ccc2cc(C(=O)c3ccc(N4CCN(C(=O)c5ccccc5)CC4)cc3)oc2c1. The van der Waals surface area contributed by atoms with Gasteiger partial charge in [-0.25, -0.2) is 0 Å². The quantitative estimate of drug-likeness (QED) is 0.328. The number of ketones is 1. The Morgan fingerprint density at radius 3 is 2.17 bits per heavy atom. The van der Waals surface area contributed by atoms with Crippen LogP contribution in [0.25, 0.3) is 11.0 Å². The number of rotatable bonds is 7. The van der Waals surface area contributed by atoms with Crippen molar-refractivity contribution in [1.29, 1.82) is 0 Å². The maximum atomic E-state index is 13.1. The monoisotopic (exact) mass is 481 g/mol. The molecule has 0 bridgehead atoms. The third kappa shape index (κ3) is 4.71. The van der Waals surface area contributed by atoms with E-state index in [9.17, 15) is 9.59 Å². The van der Waals surface area contributed by atoms with Gasteiger partial charge in [-0.1, -0.05) is 18.2 Å². The first-order chi connectivity index (χ1) is 17.6. The lowest BCUT2D eigenvalue weighted by molar-refractivity contribution is 0.0746. The third-order valence-electron chi connectivity index (χ3n) is 6.94. The Hall–Kier alpha value is -4.06. The summed E-state index contributed by atoms with van der Waals surface area (Å²) in [6.45, 7) is 8.93. The first kappa shape index (κ1) is 23.7. The summed E-state index contributed by atoms with van der Waals surface area (Å²) >= 11 is 0. The van der Waals surface area contributed by atoms with Crippen molar-refractivity contribution in [2.45, 2.75) is 13.8 Å². The van der Waals surface area contributed by atoms with Crippen molar-refractivity contribution in [2.75, 3.05) is 49.1 Å². The van der Waals surface area contributed by atoms with Crippen molar-refractivity contribution in [3.8, 4) is 0 Å². The molecule has 1 saturated heterocycles. The Bertz CT molecular complexity index is 1350. The minimum atomic E-state index is -0.125. The van der Waals surface area contributed by atoms with Gasteiger partial charge in [0.25, 0.3) is 5.91 Å². The molecule has 0 saturated carbocycles. The van der Waals surface area contributed by atoms with E-state index in [-0.39, 0.29) is 11.7 Å². The molecule has 1 fully saturated rings. The molecule has 5 rings (SSSR count). The van der Waals surface area contributed by atoms with Crippen molar-refractivity contribution in [2.24, 2.45) is 0 Å². The first-order valence-corrected chi connectivity index (χ1v) is 12.6. The van der Waals surface area contributed by atoms with E-state index in [0.29, 0.717) is 24.4 Å². The summed E-state index contributed by atoms with van der Waals surface area (Å²) in [6.07, 6.45) is 0. The van der Waals surface area contributed by atoms with Crippen LogP contribution in [-0.2, 0) is 0 Å². The minimum Gasteiger partial charge on any atom is -0.452 e. The number of fused-ring (bicyclic) bond motifs is 1. The molecular weight excluding hydrogens is 450 g/mol. The van der Waals surface area contributed by atoms with Crippen molar-refractivity contribution in [3.63, 3.8) is 0 Å². The maximum Gasteiger partial charge on any atom is 0.253 e. The van der Waals surface area contributed by atoms with Gasteiger partial charge < -0.3 is 19.1 Å². The van der Waals surface area contributed by atoms with Crippen molar-refractivity contribution >= 4 is 34.0 Å². The summed E-state index contributed by atoms with van der Waals surface area (Å²) < 4.78 is 5.96. The number of benzene rings is 3. The highest BCUT2D eigenvalue weighted by atomic mass is 16.3. The van der Waals surface area contributed by atoms with Crippen LogP contribution in [0.2, 0.25) is 0 Å². The zero-order chi connectivity index (χ0) is 25.1. The van der Waals surface area contributed by atoms with E-state index in [2.05, 4.69) is 29.7 Å². The molecular formula is C30H31N3O3. The molecule has 0 aliphatic carbocycles. The maximum absolute atomic E-state index is 13.1. The topological polar surface area (TPSA) is 57.0 Å². The van der Waals surface area contributed by atoms with Crippen LogP contribution in [0.1, 0.15) is 40.3 Å². The Balaban J connectivity index is 1.24. The average Bonchev–Trinajstić information content (AvgIpc) is 3.37. The van der Waals surface area contributed by atoms with Gasteiger partial charge in [0.1, 0.15) is 5.58 Å². The van der Waals surface area contributed by atoms with Gasteiger partial charge in [0, 0.05) is 73.2 Å². The lowest BCUT2D eigenvalue weighted by atomic mass is 10.1. The minimum absolute atomic E-state index is 0.0752. The Labute approximate surface area is 211 Å². The molecule has 6 nitrogen and oxygen atoms in total. The summed E-state index contributed by atoms with van der Waals surface area (Å²) in [5, 5.41) is 0.925. The highest BCUT2D eigenvalue weighted by Gasteiger charge is 2.23. The number of nitrogens with zero attached hydrogens (tertiary/aromatic N) is 3. The van der Waals surface area contributed by atoms with Crippen LogP contribution in [0.3, 0.4) is 0 Å². The smallest absolute Gasteiger partial charge is 0.253 e. The lowest BCUT2D eigenvalue weighted by Crippen LogP contribution is -2.48. The Morgan fingerprint density at radius 2 is 1.50 bits per heavy atom. The largest absolute Gasteiger partial charge is 0.452 e. The second kappa shape index (κ2) is 10.3. The van der Waals surface area contributed by atoms with E-state index < -0.39 is 0 Å². The van der Waals surface area contributed by atoms with Gasteiger partial charge >= 0.3 is 0 Å². The van der Waals surface area contributed by atoms with Crippen molar-refractivity contribution in [3.05, 3.63) is 95.7 Å². The number of amides is 1. The molecule has 1 aliphatic rings. The predicted molar refractivity (Wildman–Crippen MR) is 144 cm³/mol. The molecule has 6 heteroatoms. The van der Waals surface area contributed by atoms with Gasteiger partial charge in [0.15, 0.2) is 5.76 Å². The summed E-state index contributed by atoms with van der Waals surface area (Å²) in [4.78, 5) is 32.2. The number of hydrogen-bond donors (Lipinski definition) is 0. The van der Waals surface area contributed by atoms with E-state index in [1.807, 2.05) is 77.7 Å². The highest BCUT2D eigenvalue weighted by molar-refractivity contribution is 6.09. The fourth-order valence-electron chi connectivity index (χ4n) is 4.81. The number of piperazine rings is 1. The molecule has 184 valence electrons. The molecule has 1 amide bonds. The molecule has 0 atom stereocenters. The van der Waals surface area contributed by atoms with Crippen molar-refractivity contribution in [1.82, 2.24) is 4.90 Å². The fourth-order valence-corrected chi connectivity index (χ4v) is 4.81. The number of furan rings is 1. The van der Waals surface area contributed by atoms with Crippen LogP contribution in [0, 0.1) is 0 Å². The average molecular weight is 482 g/mol. The second-order valence-corrected chi connectivity index (χ2v) is 9.03. The zero-order valence-electron chi connectivity index (χ0n) is 20.8. The lowest BCUT2D eigenvalue weighted by Gasteiger charge is -2.36. The molecule has 1 aromatic heterocycles. The van der Waals surface area contributed by atoms with Crippen LogP contribution in [0.4, 0.5) is 11.4 Å². The highest BCUT2D eigenvalue weighted by Crippen LogP contribution is 2.27. The fraction of sp³-hybridized carbons (Fsp3) is 0.267. The van der Waals surface area contributed by atoms with Gasteiger partial charge in [0.05, 0.1) is 0 Å². The standard InChI is InChI=1S/C30H31N3O3/c1-3-31(4-2)26-15-12-24-20-28(36-27(24)21-26)29(34)22-10-13-25(14-11-22)32-16-18-33(19-17-32)30(35)23-8-6-5-7-9-23/h5-15,20-21H,3-4,16-19H2,1-2H3. The second-order valence-electron chi connectivity index (χ2n) is 9.03. The number of hydrogen-bond acceptors (Lipinski definition) is 5. The third-order valence-corrected chi connectivity index (χ3v) is 6.94. The summed E-state index contributed by atoms with van der Waals surface area (Å²) in [7, 11) is 0. The summed E-state index contributed by atoms with van der Waals surface area (Å²) in [5.41, 5.74) is 4.19. The van der Waals surface area contributed by atoms with Gasteiger partial charge in [-0.3, -0.25) is 9.59 Å². The molecule has 36 heavy (non-hydrogen) atoms. The van der Waals surface area contributed by atoms with Crippen LogP contribution in [0.5, 0.6) is 0 Å². The van der Waals surface area contributed by atoms with Gasteiger partial charge in [-0.15, -0.1) is 0 Å². The van der Waals surface area contributed by atoms with E-state index in [4.69, 9.17) is 4.42 Å². The van der Waals surface area contributed by atoms with Gasteiger partial charge in [-0.05, 0) is 68.4 Å². The molecule has 1 aliphatic heterocycles. The molecule has 0 radical (unpaired) electrons. The molecule has 0 N–H and O–H groups in total. The molecule has 2 heterocycles. The summed E-state index contributed by atoms with van der Waals surface area (Å²) in [6, 6.07) is 25.0. The first-order valence-electron chi connectivity index (χ1n) is 12.6.